The summed E-state index contributed by atoms with van der Waals surface area (Å²) in [5.41, 5.74) is 9.41. The third kappa shape index (κ3) is 4.47. The van der Waals surface area contributed by atoms with Crippen LogP contribution < -0.4 is 4.98 Å². The lowest BCUT2D eigenvalue weighted by Crippen LogP contribution is -2.57. The number of hydrogen-bond donors (Lipinski definition) is 1. The molecule has 4 rings (SSSR count). The van der Waals surface area contributed by atoms with Crippen LogP contribution in [0.1, 0.15) is 82.5 Å². The van der Waals surface area contributed by atoms with Gasteiger partial charge in [-0.05, 0) is 58.9 Å². The summed E-state index contributed by atoms with van der Waals surface area (Å²) in [5, 5.41) is 0. The van der Waals surface area contributed by atoms with Crippen molar-refractivity contribution in [2.24, 2.45) is 5.92 Å². The first-order valence-electron chi connectivity index (χ1n) is 12.3. The first kappa shape index (κ1) is 22.5. The van der Waals surface area contributed by atoms with E-state index in [9.17, 15) is 0 Å². The van der Waals surface area contributed by atoms with Gasteiger partial charge in [0.1, 0.15) is 8.24 Å². The van der Waals surface area contributed by atoms with Crippen molar-refractivity contribution < 1.29 is 0 Å². The van der Waals surface area contributed by atoms with E-state index in [0.29, 0.717) is 11.6 Å². The molecule has 1 N–H and O–H groups in total. The maximum atomic E-state index is 4.24. The molecular formula is C29H41NSi. The summed E-state index contributed by atoms with van der Waals surface area (Å²) in [6, 6.07) is 16.9. The SMILES string of the molecule is CC1=Cc2c(-c3ccc(C(C)(C)C)cc3)cccc2C1[Si](C)(C)NC1CCCCC1C. The molecule has 0 amide bonds. The lowest BCUT2D eigenvalue weighted by molar-refractivity contribution is 0.308. The molecule has 3 unspecified atom stereocenters. The van der Waals surface area contributed by atoms with E-state index in [1.54, 1.807) is 11.1 Å². The molecule has 0 aromatic heterocycles. The van der Waals surface area contributed by atoms with Crippen molar-refractivity contribution in [2.75, 3.05) is 0 Å². The van der Waals surface area contributed by atoms with Crippen molar-refractivity contribution in [1.82, 2.24) is 4.98 Å². The Morgan fingerprint density at radius 2 is 1.61 bits per heavy atom. The maximum Gasteiger partial charge on any atom is 0.131 e. The van der Waals surface area contributed by atoms with Crippen LogP contribution in [0.5, 0.6) is 0 Å². The standard InChI is InChI=1S/C29H41NSi/c1-20-11-8-9-14-27(20)30-31(6,7)28-21(2)19-26-24(12-10-13-25(26)28)22-15-17-23(18-16-22)29(3,4)5/h10,12-13,15-20,27-28,30H,8-9,11,14H2,1-7H3. The first-order valence-corrected chi connectivity index (χ1v) is 15.4. The van der Waals surface area contributed by atoms with Crippen LogP contribution in [0.4, 0.5) is 0 Å². The minimum Gasteiger partial charge on any atom is -0.334 e. The van der Waals surface area contributed by atoms with Crippen LogP contribution in [0.3, 0.4) is 0 Å². The van der Waals surface area contributed by atoms with Gasteiger partial charge in [0.15, 0.2) is 0 Å². The van der Waals surface area contributed by atoms with Gasteiger partial charge in [-0.2, -0.15) is 0 Å². The largest absolute Gasteiger partial charge is 0.334 e. The summed E-state index contributed by atoms with van der Waals surface area (Å²) in [7, 11) is -1.69. The average molecular weight is 432 g/mol. The number of benzene rings is 2. The van der Waals surface area contributed by atoms with E-state index in [1.807, 2.05) is 0 Å². The predicted octanol–water partition coefficient (Wildman–Crippen LogP) is 8.06. The third-order valence-electron chi connectivity index (χ3n) is 7.73. The minimum absolute atomic E-state index is 0.191. The summed E-state index contributed by atoms with van der Waals surface area (Å²) in [6.07, 6.45) is 8.00. The molecule has 1 saturated carbocycles. The molecule has 2 aromatic rings. The molecule has 1 nitrogen and oxygen atoms in total. The molecule has 2 aliphatic carbocycles. The highest BCUT2D eigenvalue weighted by Crippen LogP contribution is 2.45. The molecule has 0 radical (unpaired) electrons. The van der Waals surface area contributed by atoms with E-state index in [0.717, 1.165) is 5.92 Å². The molecule has 2 aliphatic rings. The van der Waals surface area contributed by atoms with Gasteiger partial charge >= 0.3 is 0 Å². The van der Waals surface area contributed by atoms with Gasteiger partial charge in [0.2, 0.25) is 0 Å². The molecule has 2 aromatic carbocycles. The Morgan fingerprint density at radius 1 is 0.935 bits per heavy atom. The van der Waals surface area contributed by atoms with E-state index in [2.05, 4.69) is 101 Å². The average Bonchev–Trinajstić information content (AvgIpc) is 3.05. The fraction of sp³-hybridized carbons (Fsp3) is 0.517. The normalized spacial score (nSPS) is 24.1. The van der Waals surface area contributed by atoms with Crippen molar-refractivity contribution >= 4 is 14.3 Å². The van der Waals surface area contributed by atoms with Gasteiger partial charge in [-0.3, -0.25) is 0 Å². The van der Waals surface area contributed by atoms with E-state index in [-0.39, 0.29) is 5.41 Å². The molecule has 166 valence electrons. The second-order valence-corrected chi connectivity index (χ2v) is 16.0. The van der Waals surface area contributed by atoms with E-state index >= 15 is 0 Å². The maximum absolute atomic E-state index is 4.24. The fourth-order valence-corrected chi connectivity index (χ4v) is 9.81. The third-order valence-corrected chi connectivity index (χ3v) is 11.1. The van der Waals surface area contributed by atoms with Crippen LogP contribution in [0, 0.1) is 5.92 Å². The number of nitrogens with one attached hydrogen (secondary N) is 1. The van der Waals surface area contributed by atoms with Crippen molar-refractivity contribution in [3.8, 4) is 11.1 Å². The number of hydrogen-bond acceptors (Lipinski definition) is 1. The van der Waals surface area contributed by atoms with E-state index < -0.39 is 8.24 Å². The summed E-state index contributed by atoms with van der Waals surface area (Å²) < 4.78 is 0. The van der Waals surface area contributed by atoms with E-state index in [4.69, 9.17) is 0 Å². The first-order chi connectivity index (χ1) is 14.6. The molecular weight excluding hydrogens is 390 g/mol. The monoisotopic (exact) mass is 431 g/mol. The minimum atomic E-state index is -1.69. The molecule has 0 aliphatic heterocycles. The van der Waals surface area contributed by atoms with Crippen LogP contribution >= 0.6 is 0 Å². The highest BCUT2D eigenvalue weighted by Gasteiger charge is 2.41. The Labute approximate surface area is 191 Å². The van der Waals surface area contributed by atoms with Crippen molar-refractivity contribution in [3.63, 3.8) is 0 Å². The lowest BCUT2D eigenvalue weighted by Gasteiger charge is -2.40. The Balaban J connectivity index is 1.66. The second kappa shape index (κ2) is 8.37. The van der Waals surface area contributed by atoms with Crippen LogP contribution in [0.15, 0.2) is 48.0 Å². The van der Waals surface area contributed by atoms with Gasteiger partial charge in [-0.25, -0.2) is 0 Å². The van der Waals surface area contributed by atoms with Gasteiger partial charge < -0.3 is 4.98 Å². The van der Waals surface area contributed by atoms with E-state index in [1.165, 1.54) is 47.9 Å². The summed E-state index contributed by atoms with van der Waals surface area (Å²) in [5.74, 6) is 0.804. The van der Waals surface area contributed by atoms with Crippen LogP contribution in [0.25, 0.3) is 17.2 Å². The molecule has 0 spiro atoms. The van der Waals surface area contributed by atoms with Gasteiger partial charge in [0, 0.05) is 11.6 Å². The summed E-state index contributed by atoms with van der Waals surface area (Å²) in [4.78, 5) is 4.24. The molecule has 3 atom stereocenters. The summed E-state index contributed by atoms with van der Waals surface area (Å²) >= 11 is 0. The highest BCUT2D eigenvalue weighted by molar-refractivity contribution is 6.77. The summed E-state index contributed by atoms with van der Waals surface area (Å²) in [6.45, 7) is 16.8. The molecule has 2 heteroatoms. The Kier molecular flexibility index (Phi) is 6.09. The van der Waals surface area contributed by atoms with Gasteiger partial charge in [0.25, 0.3) is 0 Å². The zero-order valence-corrected chi connectivity index (χ0v) is 21.7. The molecule has 0 saturated heterocycles. The molecule has 1 fully saturated rings. The smallest absolute Gasteiger partial charge is 0.131 e. The van der Waals surface area contributed by atoms with Gasteiger partial charge in [0.05, 0.1) is 0 Å². The Bertz CT molecular complexity index is 961. The molecule has 0 heterocycles. The number of fused-ring (bicyclic) bond motifs is 1. The molecule has 31 heavy (non-hydrogen) atoms. The fourth-order valence-electron chi connectivity index (χ4n) is 6.00. The quantitative estimate of drug-likeness (QED) is 0.483. The zero-order chi connectivity index (χ0) is 22.4. The van der Waals surface area contributed by atoms with Gasteiger partial charge in [-0.1, -0.05) is 108 Å². The van der Waals surface area contributed by atoms with Gasteiger partial charge in [-0.15, -0.1) is 0 Å². The number of rotatable bonds is 4. The van der Waals surface area contributed by atoms with Crippen LogP contribution in [-0.4, -0.2) is 14.3 Å². The topological polar surface area (TPSA) is 12.0 Å². The van der Waals surface area contributed by atoms with Crippen LogP contribution in [-0.2, 0) is 5.41 Å². The molecule has 0 bridgehead atoms. The van der Waals surface area contributed by atoms with Crippen molar-refractivity contribution in [3.05, 3.63) is 64.7 Å². The number of allylic oxidation sites excluding steroid dienone is 1. The highest BCUT2D eigenvalue weighted by atomic mass is 28.3. The van der Waals surface area contributed by atoms with Crippen molar-refractivity contribution in [2.45, 2.75) is 90.4 Å². The lowest BCUT2D eigenvalue weighted by atomic mass is 9.86. The van der Waals surface area contributed by atoms with Crippen LogP contribution in [0.2, 0.25) is 13.1 Å². The predicted molar refractivity (Wildman–Crippen MR) is 139 cm³/mol. The Morgan fingerprint density at radius 3 is 2.26 bits per heavy atom. The Hall–Kier alpha value is -1.64. The zero-order valence-electron chi connectivity index (χ0n) is 20.7. The van der Waals surface area contributed by atoms with Crippen molar-refractivity contribution in [1.29, 1.82) is 0 Å². The second-order valence-electron chi connectivity index (χ2n) is 11.7.